The summed E-state index contributed by atoms with van der Waals surface area (Å²) >= 11 is 0. The van der Waals surface area contributed by atoms with Crippen molar-refractivity contribution in [3.8, 4) is 0 Å². The lowest BCUT2D eigenvalue weighted by atomic mass is 9.53. The van der Waals surface area contributed by atoms with E-state index in [4.69, 9.17) is 14.2 Å². The number of carbonyl (C=O) groups is 3. The SMILES string of the molecule is COC[C@H]1OC(=O)C(=CN2CCN(C)CC2)C2=C(O)C(=O)C3=C([C@H](OC(C)=O)C[C@@]4(C)C3CC[C@@H]4O)[C@]21C. The standard InChI is InChI=1S/C28H38N2O8/c1-15(31)37-18-12-27(2)17(6-7-19(27)32)21-23(18)28(3)20(14-36-5)38-26(35)16(22(28)25(34)24(21)33)13-30-10-8-29(4)9-11-30/h13,17-20,32,34H,6-12,14H2,1-5H3/t17?,18-,19+,20-,27+,28+/m1/s1. The molecule has 3 fully saturated rings. The van der Waals surface area contributed by atoms with Crippen molar-refractivity contribution in [2.75, 3.05) is 46.9 Å². The lowest BCUT2D eigenvalue weighted by Gasteiger charge is -2.54. The Hall–Kier alpha value is -2.69. The number of cyclic esters (lactones) is 1. The van der Waals surface area contributed by atoms with Gasteiger partial charge in [0.25, 0.3) is 0 Å². The van der Waals surface area contributed by atoms with Crippen molar-refractivity contribution in [3.05, 3.63) is 34.3 Å². The minimum atomic E-state index is -1.19. The summed E-state index contributed by atoms with van der Waals surface area (Å²) in [4.78, 5) is 43.9. The molecule has 2 heterocycles. The highest BCUT2D eigenvalue weighted by Crippen LogP contribution is 2.63. The van der Waals surface area contributed by atoms with E-state index in [0.29, 0.717) is 43.5 Å². The molecule has 1 unspecified atom stereocenters. The maximum Gasteiger partial charge on any atom is 0.340 e. The van der Waals surface area contributed by atoms with Crippen molar-refractivity contribution < 1.29 is 38.8 Å². The predicted octanol–water partition coefficient (Wildman–Crippen LogP) is 1.50. The zero-order chi connectivity index (χ0) is 27.6. The molecule has 2 saturated heterocycles. The molecule has 0 amide bonds. The topological polar surface area (TPSA) is 126 Å². The van der Waals surface area contributed by atoms with Crippen LogP contribution in [0.15, 0.2) is 34.3 Å². The highest BCUT2D eigenvalue weighted by molar-refractivity contribution is 6.13. The van der Waals surface area contributed by atoms with Crippen LogP contribution in [0.4, 0.5) is 0 Å². The van der Waals surface area contributed by atoms with Gasteiger partial charge in [-0.2, -0.15) is 0 Å². The lowest BCUT2D eigenvalue weighted by Crippen LogP contribution is -2.57. The first-order valence-corrected chi connectivity index (χ1v) is 13.4. The normalized spacial score (nSPS) is 38.7. The number of aliphatic hydroxyl groups is 2. The van der Waals surface area contributed by atoms with Crippen LogP contribution < -0.4 is 0 Å². The molecule has 3 aliphatic carbocycles. The van der Waals surface area contributed by atoms with Crippen LogP contribution >= 0.6 is 0 Å². The maximum atomic E-state index is 14.0. The fraction of sp³-hybridized carbons (Fsp3) is 0.679. The van der Waals surface area contributed by atoms with E-state index in [0.717, 1.165) is 13.1 Å². The number of piperazine rings is 1. The second-order valence-corrected chi connectivity index (χ2v) is 11.8. The Morgan fingerprint density at radius 1 is 1.18 bits per heavy atom. The number of allylic oxidation sites excluding steroid dienone is 1. The fourth-order valence-electron chi connectivity index (χ4n) is 7.41. The van der Waals surface area contributed by atoms with Crippen LogP contribution in [0.1, 0.15) is 40.0 Å². The second kappa shape index (κ2) is 9.50. The first kappa shape index (κ1) is 26.9. The van der Waals surface area contributed by atoms with Crippen LogP contribution in [-0.2, 0) is 28.6 Å². The molecule has 5 aliphatic rings. The molecule has 0 radical (unpaired) electrons. The highest BCUT2D eigenvalue weighted by atomic mass is 16.6. The van der Waals surface area contributed by atoms with Gasteiger partial charge in [-0.25, -0.2) is 4.79 Å². The number of fused-ring (bicyclic) bond motifs is 4. The van der Waals surface area contributed by atoms with E-state index >= 15 is 0 Å². The van der Waals surface area contributed by atoms with Crippen molar-refractivity contribution in [2.24, 2.45) is 16.7 Å². The van der Waals surface area contributed by atoms with Crippen LogP contribution in [0.2, 0.25) is 0 Å². The number of ether oxygens (including phenoxy) is 3. The molecule has 0 aromatic rings. The molecule has 6 atom stereocenters. The largest absolute Gasteiger partial charge is 0.504 e. The molecule has 1 saturated carbocycles. The molecule has 0 aromatic heterocycles. The molecule has 10 nitrogen and oxygen atoms in total. The molecule has 38 heavy (non-hydrogen) atoms. The zero-order valence-corrected chi connectivity index (χ0v) is 22.8. The van der Waals surface area contributed by atoms with Gasteiger partial charge in [-0.05, 0) is 44.7 Å². The van der Waals surface area contributed by atoms with Crippen LogP contribution in [0, 0.1) is 16.7 Å². The number of carbonyl (C=O) groups excluding carboxylic acids is 3. The maximum absolute atomic E-state index is 14.0. The number of hydrogen-bond acceptors (Lipinski definition) is 10. The summed E-state index contributed by atoms with van der Waals surface area (Å²) in [6.07, 6.45) is 0.680. The second-order valence-electron chi connectivity index (χ2n) is 11.8. The predicted molar refractivity (Wildman–Crippen MR) is 136 cm³/mol. The van der Waals surface area contributed by atoms with Gasteiger partial charge in [-0.1, -0.05) is 6.92 Å². The lowest BCUT2D eigenvalue weighted by molar-refractivity contribution is -0.161. The van der Waals surface area contributed by atoms with Crippen molar-refractivity contribution in [3.63, 3.8) is 0 Å². The molecular formula is C28H38N2O8. The van der Waals surface area contributed by atoms with Gasteiger partial charge in [0.1, 0.15) is 12.2 Å². The van der Waals surface area contributed by atoms with Gasteiger partial charge in [-0.15, -0.1) is 0 Å². The van der Waals surface area contributed by atoms with E-state index < -0.39 is 52.6 Å². The van der Waals surface area contributed by atoms with Gasteiger partial charge >= 0.3 is 11.9 Å². The Kier molecular flexibility index (Phi) is 6.72. The Morgan fingerprint density at radius 3 is 2.50 bits per heavy atom. The van der Waals surface area contributed by atoms with E-state index in [-0.39, 0.29) is 23.7 Å². The van der Waals surface area contributed by atoms with Gasteiger partial charge in [0.2, 0.25) is 5.78 Å². The summed E-state index contributed by atoms with van der Waals surface area (Å²) in [5.41, 5.74) is -0.668. The van der Waals surface area contributed by atoms with Gasteiger partial charge < -0.3 is 34.2 Å². The minimum absolute atomic E-state index is 0.0170. The molecule has 10 heteroatoms. The van der Waals surface area contributed by atoms with Crippen molar-refractivity contribution in [1.82, 2.24) is 9.80 Å². The molecule has 208 valence electrons. The quantitative estimate of drug-likeness (QED) is 0.408. The van der Waals surface area contributed by atoms with Gasteiger partial charge in [0, 0.05) is 63.0 Å². The van der Waals surface area contributed by atoms with E-state index in [2.05, 4.69) is 4.90 Å². The number of likely N-dealkylation sites (N-methyl/N-ethyl adjacent to an activating group) is 1. The zero-order valence-electron chi connectivity index (χ0n) is 22.8. The number of methoxy groups -OCH3 is 1. The van der Waals surface area contributed by atoms with Gasteiger partial charge in [0.05, 0.1) is 23.7 Å². The van der Waals surface area contributed by atoms with E-state index in [1.165, 1.54) is 14.0 Å². The molecule has 5 rings (SSSR count). The number of aliphatic hydroxyl groups excluding tert-OH is 2. The number of esters is 2. The molecule has 2 N–H and O–H groups in total. The number of ketones is 1. The third-order valence-corrected chi connectivity index (χ3v) is 9.51. The average molecular weight is 531 g/mol. The molecule has 0 aromatic carbocycles. The number of nitrogens with zero attached hydrogens (tertiary/aromatic N) is 2. The number of Topliss-reactive ketones (excluding diaryl/α,β-unsaturated/α-hetero) is 1. The first-order valence-electron chi connectivity index (χ1n) is 13.4. The Labute approximate surface area is 222 Å². The van der Waals surface area contributed by atoms with Crippen LogP contribution in [-0.4, -0.2) is 103 Å². The number of rotatable bonds is 4. The third-order valence-electron chi connectivity index (χ3n) is 9.51. The molecular weight excluding hydrogens is 492 g/mol. The summed E-state index contributed by atoms with van der Waals surface area (Å²) in [7, 11) is 3.52. The van der Waals surface area contributed by atoms with Crippen LogP contribution in [0.5, 0.6) is 0 Å². The van der Waals surface area contributed by atoms with E-state index in [1.807, 2.05) is 25.8 Å². The Balaban J connectivity index is 1.72. The number of hydrogen-bond donors (Lipinski definition) is 2. The summed E-state index contributed by atoms with van der Waals surface area (Å²) in [5, 5.41) is 22.5. The summed E-state index contributed by atoms with van der Waals surface area (Å²) in [6.45, 7) is 8.03. The monoisotopic (exact) mass is 530 g/mol. The van der Waals surface area contributed by atoms with Gasteiger partial charge in [-0.3, -0.25) is 9.59 Å². The highest BCUT2D eigenvalue weighted by Gasteiger charge is 2.64. The molecule has 0 spiro atoms. The molecule has 0 bridgehead atoms. The Bertz CT molecular complexity index is 1150. The summed E-state index contributed by atoms with van der Waals surface area (Å²) < 4.78 is 17.3. The van der Waals surface area contributed by atoms with Crippen LogP contribution in [0.3, 0.4) is 0 Å². The average Bonchev–Trinajstić information content (AvgIpc) is 3.15. The minimum Gasteiger partial charge on any atom is -0.504 e. The van der Waals surface area contributed by atoms with Gasteiger partial charge in [0.15, 0.2) is 5.76 Å². The Morgan fingerprint density at radius 2 is 1.87 bits per heavy atom. The smallest absolute Gasteiger partial charge is 0.340 e. The van der Waals surface area contributed by atoms with Crippen molar-refractivity contribution >= 4 is 17.7 Å². The summed E-state index contributed by atoms with van der Waals surface area (Å²) in [5.74, 6) is -2.56. The first-order chi connectivity index (χ1) is 17.9. The molecule has 2 aliphatic heterocycles. The van der Waals surface area contributed by atoms with E-state index in [1.54, 1.807) is 6.20 Å². The third kappa shape index (κ3) is 3.91. The van der Waals surface area contributed by atoms with Crippen LogP contribution in [0.25, 0.3) is 0 Å². The van der Waals surface area contributed by atoms with Crippen molar-refractivity contribution in [2.45, 2.75) is 58.3 Å². The summed E-state index contributed by atoms with van der Waals surface area (Å²) in [6, 6.07) is 0. The fourth-order valence-corrected chi connectivity index (χ4v) is 7.41. The van der Waals surface area contributed by atoms with E-state index in [9.17, 15) is 24.6 Å². The van der Waals surface area contributed by atoms with Crippen molar-refractivity contribution in [1.29, 1.82) is 0 Å².